The van der Waals surface area contributed by atoms with Crippen LogP contribution in [0.5, 0.6) is 5.75 Å². The highest BCUT2D eigenvalue weighted by Gasteiger charge is 2.34. The van der Waals surface area contributed by atoms with Crippen molar-refractivity contribution in [3.8, 4) is 5.75 Å². The number of likely N-dealkylation sites (tertiary alicyclic amines) is 1. The summed E-state index contributed by atoms with van der Waals surface area (Å²) in [6.45, 7) is 1.57. The number of carbonyl (C=O) groups is 1. The fourth-order valence-corrected chi connectivity index (χ4v) is 2.55. The number of carbonyl (C=O) groups excluding carboxylic acids is 1. The van der Waals surface area contributed by atoms with Crippen LogP contribution in [-0.4, -0.2) is 35.0 Å². The first-order valence-corrected chi connectivity index (χ1v) is 6.68. The standard InChI is InChI=1S/C14H18N2O2/c17-14(11-2-1-3-11)16-9-6-13(10-16)18-12-4-7-15-8-5-12/h4-5,7-8,11,13H,1-3,6,9-10H2/t13-/m1/s1. The van der Waals surface area contributed by atoms with Gasteiger partial charge in [-0.2, -0.15) is 0 Å². The predicted molar refractivity (Wildman–Crippen MR) is 67.2 cm³/mol. The first-order chi connectivity index (χ1) is 8.83. The summed E-state index contributed by atoms with van der Waals surface area (Å²) in [6, 6.07) is 3.72. The van der Waals surface area contributed by atoms with Crippen LogP contribution in [0, 0.1) is 5.92 Å². The van der Waals surface area contributed by atoms with E-state index < -0.39 is 0 Å². The van der Waals surface area contributed by atoms with Crippen molar-refractivity contribution in [3.63, 3.8) is 0 Å². The van der Waals surface area contributed by atoms with Crippen LogP contribution >= 0.6 is 0 Å². The first-order valence-electron chi connectivity index (χ1n) is 6.68. The van der Waals surface area contributed by atoms with Crippen LogP contribution in [0.3, 0.4) is 0 Å². The van der Waals surface area contributed by atoms with Crippen molar-refractivity contribution in [2.45, 2.75) is 31.8 Å². The van der Waals surface area contributed by atoms with Crippen LogP contribution < -0.4 is 4.74 Å². The number of hydrogen-bond donors (Lipinski definition) is 0. The Morgan fingerprint density at radius 2 is 2.06 bits per heavy atom. The molecule has 0 aromatic carbocycles. The minimum absolute atomic E-state index is 0.136. The van der Waals surface area contributed by atoms with Crippen molar-refractivity contribution in [2.75, 3.05) is 13.1 Å². The van der Waals surface area contributed by atoms with Gasteiger partial charge in [0.1, 0.15) is 11.9 Å². The molecule has 18 heavy (non-hydrogen) atoms. The molecule has 96 valence electrons. The Kier molecular flexibility index (Phi) is 3.17. The Bertz CT molecular complexity index is 417. The molecule has 3 rings (SSSR count). The van der Waals surface area contributed by atoms with Crippen LogP contribution in [-0.2, 0) is 4.79 Å². The summed E-state index contributed by atoms with van der Waals surface area (Å²) in [7, 11) is 0. The van der Waals surface area contributed by atoms with Gasteiger partial charge in [-0.3, -0.25) is 9.78 Å². The van der Waals surface area contributed by atoms with E-state index in [0.717, 1.165) is 38.1 Å². The monoisotopic (exact) mass is 246 g/mol. The van der Waals surface area contributed by atoms with Gasteiger partial charge in [-0.05, 0) is 25.0 Å². The fourth-order valence-electron chi connectivity index (χ4n) is 2.55. The highest BCUT2D eigenvalue weighted by molar-refractivity contribution is 5.79. The minimum atomic E-state index is 0.136. The highest BCUT2D eigenvalue weighted by Crippen LogP contribution is 2.30. The Morgan fingerprint density at radius 3 is 2.72 bits per heavy atom. The second-order valence-electron chi connectivity index (χ2n) is 5.12. The van der Waals surface area contributed by atoms with Gasteiger partial charge >= 0.3 is 0 Å². The zero-order valence-corrected chi connectivity index (χ0v) is 10.4. The van der Waals surface area contributed by atoms with E-state index in [-0.39, 0.29) is 6.10 Å². The molecule has 0 radical (unpaired) electrons. The SMILES string of the molecule is O=C(C1CCC1)N1CC[C@@H](Oc2ccncc2)C1. The lowest BCUT2D eigenvalue weighted by Crippen LogP contribution is -2.38. The third-order valence-corrected chi connectivity index (χ3v) is 3.86. The van der Waals surface area contributed by atoms with Gasteiger partial charge in [-0.25, -0.2) is 0 Å². The topological polar surface area (TPSA) is 42.4 Å². The highest BCUT2D eigenvalue weighted by atomic mass is 16.5. The Labute approximate surface area is 107 Å². The van der Waals surface area contributed by atoms with Crippen LogP contribution in [0.2, 0.25) is 0 Å². The van der Waals surface area contributed by atoms with E-state index in [1.807, 2.05) is 17.0 Å². The molecule has 0 spiro atoms. The zero-order chi connectivity index (χ0) is 12.4. The molecule has 1 amide bonds. The molecule has 2 aliphatic rings. The third-order valence-electron chi connectivity index (χ3n) is 3.86. The average molecular weight is 246 g/mol. The minimum Gasteiger partial charge on any atom is -0.488 e. The van der Waals surface area contributed by atoms with E-state index >= 15 is 0 Å². The summed E-state index contributed by atoms with van der Waals surface area (Å²) < 4.78 is 5.85. The molecule has 1 saturated heterocycles. The quantitative estimate of drug-likeness (QED) is 0.817. The number of hydrogen-bond acceptors (Lipinski definition) is 3. The van der Waals surface area contributed by atoms with Gasteiger partial charge in [0.05, 0.1) is 6.54 Å². The summed E-state index contributed by atoms with van der Waals surface area (Å²) in [5.74, 6) is 1.47. The molecule has 1 saturated carbocycles. The normalized spacial score (nSPS) is 23.8. The maximum atomic E-state index is 12.1. The summed E-state index contributed by atoms with van der Waals surface area (Å²) >= 11 is 0. The third kappa shape index (κ3) is 2.33. The molecule has 0 N–H and O–H groups in total. The molecule has 2 heterocycles. The average Bonchev–Trinajstić information content (AvgIpc) is 2.76. The lowest BCUT2D eigenvalue weighted by Gasteiger charge is -2.29. The van der Waals surface area contributed by atoms with Gasteiger partial charge in [0.15, 0.2) is 0 Å². The van der Waals surface area contributed by atoms with E-state index in [1.54, 1.807) is 12.4 Å². The van der Waals surface area contributed by atoms with E-state index in [0.29, 0.717) is 11.8 Å². The molecule has 1 atom stereocenters. The number of rotatable bonds is 3. The van der Waals surface area contributed by atoms with E-state index in [9.17, 15) is 4.79 Å². The maximum Gasteiger partial charge on any atom is 0.225 e. The van der Waals surface area contributed by atoms with Gasteiger partial charge in [0, 0.05) is 31.3 Å². The summed E-state index contributed by atoms with van der Waals surface area (Å²) in [6.07, 6.45) is 7.87. The number of nitrogens with zero attached hydrogens (tertiary/aromatic N) is 2. The predicted octanol–water partition coefficient (Wildman–Crippen LogP) is 1.86. The second kappa shape index (κ2) is 4.96. The number of aromatic nitrogens is 1. The molecular weight excluding hydrogens is 228 g/mol. The Morgan fingerprint density at radius 1 is 1.28 bits per heavy atom. The number of ether oxygens (including phenoxy) is 1. The summed E-state index contributed by atoms with van der Waals surface area (Å²) in [4.78, 5) is 18.0. The number of amides is 1. The van der Waals surface area contributed by atoms with E-state index in [2.05, 4.69) is 4.98 Å². The molecule has 2 fully saturated rings. The van der Waals surface area contributed by atoms with Crippen molar-refractivity contribution in [3.05, 3.63) is 24.5 Å². The van der Waals surface area contributed by atoms with E-state index in [1.165, 1.54) is 6.42 Å². The summed E-state index contributed by atoms with van der Waals surface area (Å²) in [5, 5.41) is 0. The second-order valence-corrected chi connectivity index (χ2v) is 5.12. The molecule has 4 heteroatoms. The molecule has 1 aromatic heterocycles. The van der Waals surface area contributed by atoms with E-state index in [4.69, 9.17) is 4.74 Å². The first kappa shape index (κ1) is 11.5. The smallest absolute Gasteiger partial charge is 0.225 e. The van der Waals surface area contributed by atoms with Crippen LogP contribution in [0.4, 0.5) is 0 Å². The van der Waals surface area contributed by atoms with Crippen LogP contribution in [0.15, 0.2) is 24.5 Å². The lowest BCUT2D eigenvalue weighted by atomic mass is 9.84. The van der Waals surface area contributed by atoms with Crippen molar-refractivity contribution in [2.24, 2.45) is 5.92 Å². The van der Waals surface area contributed by atoms with Gasteiger partial charge < -0.3 is 9.64 Å². The lowest BCUT2D eigenvalue weighted by molar-refractivity contribution is -0.137. The van der Waals surface area contributed by atoms with Crippen molar-refractivity contribution in [1.29, 1.82) is 0 Å². The van der Waals surface area contributed by atoms with Crippen molar-refractivity contribution < 1.29 is 9.53 Å². The van der Waals surface area contributed by atoms with Gasteiger partial charge in [0.25, 0.3) is 0 Å². The molecule has 0 bridgehead atoms. The Hall–Kier alpha value is -1.58. The Balaban J connectivity index is 1.53. The van der Waals surface area contributed by atoms with Crippen LogP contribution in [0.1, 0.15) is 25.7 Å². The molecule has 1 aromatic rings. The van der Waals surface area contributed by atoms with Crippen molar-refractivity contribution >= 4 is 5.91 Å². The van der Waals surface area contributed by atoms with Gasteiger partial charge in [0.2, 0.25) is 5.91 Å². The molecule has 0 unspecified atom stereocenters. The molecule has 1 aliphatic heterocycles. The fraction of sp³-hybridized carbons (Fsp3) is 0.571. The van der Waals surface area contributed by atoms with Crippen molar-refractivity contribution in [1.82, 2.24) is 9.88 Å². The maximum absolute atomic E-state index is 12.1. The molecule has 4 nitrogen and oxygen atoms in total. The largest absolute Gasteiger partial charge is 0.488 e. The van der Waals surface area contributed by atoms with Gasteiger partial charge in [-0.15, -0.1) is 0 Å². The zero-order valence-electron chi connectivity index (χ0n) is 10.4. The van der Waals surface area contributed by atoms with Crippen LogP contribution in [0.25, 0.3) is 0 Å². The van der Waals surface area contributed by atoms with Gasteiger partial charge in [-0.1, -0.05) is 6.42 Å². The number of pyridine rings is 1. The molecular formula is C14H18N2O2. The summed E-state index contributed by atoms with van der Waals surface area (Å²) in [5.41, 5.74) is 0. The molecule has 1 aliphatic carbocycles.